The van der Waals surface area contributed by atoms with E-state index in [1.54, 1.807) is 0 Å². The second kappa shape index (κ2) is 41.5. The molecule has 0 aromatic carbocycles. The van der Waals surface area contributed by atoms with Gasteiger partial charge in [-0.05, 0) is 6.42 Å². The Kier molecular flexibility index (Phi) is 40.8. The fourth-order valence-electron chi connectivity index (χ4n) is 4.63. The molecule has 0 saturated carbocycles. The Morgan fingerprint density at radius 3 is 0.823 bits per heavy atom. The molecule has 0 aliphatic rings. The Hall–Kier alpha value is -0.960. The Balaban J connectivity index is 5.34. The van der Waals surface area contributed by atoms with Gasteiger partial charge in [-0.1, -0.05) is 6.92 Å². The lowest BCUT2D eigenvalue weighted by Gasteiger charge is -2.26. The van der Waals surface area contributed by atoms with Crippen molar-refractivity contribution in [3.63, 3.8) is 0 Å². The molecule has 0 aromatic heterocycles. The lowest BCUT2D eigenvalue weighted by molar-refractivity contribution is -0.141. The van der Waals surface area contributed by atoms with Gasteiger partial charge in [-0.3, -0.25) is 0 Å². The molecule has 0 aliphatic heterocycles. The molecule has 0 heterocycles. The molecule has 0 radical (unpaired) electrons. The first-order valence-electron chi connectivity index (χ1n) is 20.8. The maximum atomic E-state index is 10.3. The summed E-state index contributed by atoms with van der Waals surface area (Å²) in [6.45, 7) is -2.61. The molecule has 0 bridgehead atoms. The van der Waals surface area contributed by atoms with Crippen LogP contribution in [-0.4, -0.2) is 292 Å². The Labute approximate surface area is 363 Å². The third-order valence-corrected chi connectivity index (χ3v) is 8.21. The molecule has 374 valence electrons. The van der Waals surface area contributed by atoms with Gasteiger partial charge in [-0.2, -0.15) is 0 Å². The number of aliphatic hydroxyl groups is 13. The van der Waals surface area contributed by atoms with Crippen molar-refractivity contribution in [2.24, 2.45) is 5.92 Å². The van der Waals surface area contributed by atoms with E-state index >= 15 is 0 Å². The predicted molar refractivity (Wildman–Crippen MR) is 213 cm³/mol. The van der Waals surface area contributed by atoms with Gasteiger partial charge in [-0.15, -0.1) is 0 Å². The predicted octanol–water partition coefficient (Wildman–Crippen LogP) is -6.85. The molecule has 0 aromatic rings. The molecule has 0 aliphatic carbocycles. The van der Waals surface area contributed by atoms with Crippen molar-refractivity contribution in [1.29, 1.82) is 0 Å². The molecule has 0 amide bonds. The highest BCUT2D eigenvalue weighted by Gasteiger charge is 2.21. The van der Waals surface area contributed by atoms with Gasteiger partial charge >= 0.3 is 0 Å². The van der Waals surface area contributed by atoms with Crippen LogP contribution in [0.3, 0.4) is 0 Å². The van der Waals surface area contributed by atoms with Gasteiger partial charge < -0.3 is 118 Å². The Bertz CT molecular complexity index is 948. The lowest BCUT2D eigenvalue weighted by atomic mass is 10.1. The van der Waals surface area contributed by atoms with Crippen LogP contribution in [0.4, 0.5) is 0 Å². The molecule has 0 spiro atoms. The van der Waals surface area contributed by atoms with Crippen LogP contribution in [0.1, 0.15) is 13.3 Å². The molecule has 24 nitrogen and oxygen atoms in total. The highest BCUT2D eigenvalue weighted by atomic mass is 16.6. The molecular weight excluding hydrogens is 840 g/mol. The van der Waals surface area contributed by atoms with E-state index in [1.165, 1.54) is 0 Å². The third kappa shape index (κ3) is 36.3. The van der Waals surface area contributed by atoms with Crippen LogP contribution in [0, 0.1) is 5.92 Å². The van der Waals surface area contributed by atoms with Crippen LogP contribution in [0.2, 0.25) is 0 Å². The van der Waals surface area contributed by atoms with Crippen molar-refractivity contribution in [3.8, 4) is 0 Å². The van der Waals surface area contributed by atoms with Crippen LogP contribution in [0.15, 0.2) is 0 Å². The third-order valence-electron chi connectivity index (χ3n) is 8.21. The van der Waals surface area contributed by atoms with E-state index in [9.17, 15) is 46.0 Å². The first-order chi connectivity index (χ1) is 29.8. The van der Waals surface area contributed by atoms with Gasteiger partial charge in [0.15, 0.2) is 0 Å². The van der Waals surface area contributed by atoms with Crippen LogP contribution in [-0.2, 0) is 52.1 Å². The average Bonchev–Trinajstić information content (AvgIpc) is 3.26. The standard InChI is InChI=1S/C38H78O24/c1-2-27(8-52-13-32(48)17-57-18-33(49)14-54-10-28(44)3-39)9-53-22-37(23-58-19-34(50)15-55-11-29(45)4-40)62-26-38(61-25-36(7-43)60-21-31(47)6-42)24-59-20-35(51)16-56-12-30(46)5-41/h27-51H,2-26H2,1H3. The van der Waals surface area contributed by atoms with Crippen LogP contribution in [0.25, 0.3) is 0 Å². The molecule has 13 N–H and O–H groups in total. The summed E-state index contributed by atoms with van der Waals surface area (Å²) in [6, 6.07) is 0. The monoisotopic (exact) mass is 918 g/mol. The van der Waals surface area contributed by atoms with Crippen molar-refractivity contribution < 1.29 is 118 Å². The zero-order valence-electron chi connectivity index (χ0n) is 35.9. The number of rotatable bonds is 47. The van der Waals surface area contributed by atoms with Crippen molar-refractivity contribution in [2.75, 3.05) is 159 Å². The van der Waals surface area contributed by atoms with Crippen LogP contribution < -0.4 is 0 Å². The highest BCUT2D eigenvalue weighted by Crippen LogP contribution is 2.09. The van der Waals surface area contributed by atoms with Crippen molar-refractivity contribution in [1.82, 2.24) is 0 Å². The molecular formula is C38H78O24. The quantitative estimate of drug-likeness (QED) is 0.0270. The topological polar surface area (TPSA) is 365 Å². The summed E-state index contributed by atoms with van der Waals surface area (Å²) in [6.07, 6.45) is -10.4. The van der Waals surface area contributed by atoms with Crippen LogP contribution in [0.5, 0.6) is 0 Å². The first kappa shape index (κ1) is 61.0. The zero-order valence-corrected chi connectivity index (χ0v) is 35.9. The summed E-state index contributed by atoms with van der Waals surface area (Å²) in [5.74, 6) is -0.0993. The minimum absolute atomic E-state index is 0.00198. The van der Waals surface area contributed by atoms with Gasteiger partial charge in [0.25, 0.3) is 0 Å². The van der Waals surface area contributed by atoms with Gasteiger partial charge in [0.1, 0.15) is 67.1 Å². The molecule has 0 saturated heterocycles. The van der Waals surface area contributed by atoms with Crippen molar-refractivity contribution in [2.45, 2.75) is 80.5 Å². The van der Waals surface area contributed by atoms with Gasteiger partial charge in [0, 0.05) is 5.92 Å². The van der Waals surface area contributed by atoms with Gasteiger partial charge in [0.05, 0.1) is 159 Å². The zero-order chi connectivity index (χ0) is 46.4. The maximum Gasteiger partial charge on any atom is 0.104 e. The van der Waals surface area contributed by atoms with Gasteiger partial charge in [0.2, 0.25) is 0 Å². The molecule has 0 fully saturated rings. The van der Waals surface area contributed by atoms with E-state index in [0.717, 1.165) is 0 Å². The van der Waals surface area contributed by atoms with E-state index in [-0.39, 0.29) is 131 Å². The minimum atomic E-state index is -1.17. The fraction of sp³-hybridized carbons (Fsp3) is 1.00. The molecule has 12 unspecified atom stereocenters. The highest BCUT2D eigenvalue weighted by molar-refractivity contribution is 4.67. The van der Waals surface area contributed by atoms with Crippen molar-refractivity contribution in [3.05, 3.63) is 0 Å². The minimum Gasteiger partial charge on any atom is -0.394 e. The second-order valence-electron chi connectivity index (χ2n) is 14.6. The van der Waals surface area contributed by atoms with E-state index < -0.39 is 100 Å². The summed E-state index contributed by atoms with van der Waals surface area (Å²) in [5, 5.41) is 124. The Morgan fingerprint density at radius 2 is 0.500 bits per heavy atom. The van der Waals surface area contributed by atoms with E-state index in [0.29, 0.717) is 6.42 Å². The average molecular weight is 919 g/mol. The van der Waals surface area contributed by atoms with Gasteiger partial charge in [-0.25, -0.2) is 0 Å². The summed E-state index contributed by atoms with van der Waals surface area (Å²) in [7, 11) is 0. The largest absolute Gasteiger partial charge is 0.394 e. The summed E-state index contributed by atoms with van der Waals surface area (Å²) in [4.78, 5) is 0. The normalized spacial score (nSPS) is 18.1. The van der Waals surface area contributed by atoms with Crippen LogP contribution >= 0.6 is 0 Å². The van der Waals surface area contributed by atoms with E-state index in [1.807, 2.05) is 6.92 Å². The molecule has 0 rings (SSSR count). The lowest BCUT2D eigenvalue weighted by Crippen LogP contribution is -2.37. The Morgan fingerprint density at radius 1 is 0.258 bits per heavy atom. The number of aliphatic hydroxyl groups excluding tert-OH is 13. The summed E-state index contributed by atoms with van der Waals surface area (Å²) >= 11 is 0. The molecule has 62 heavy (non-hydrogen) atoms. The summed E-state index contributed by atoms with van der Waals surface area (Å²) < 4.78 is 61.1. The van der Waals surface area contributed by atoms with E-state index in [2.05, 4.69) is 0 Å². The second-order valence-corrected chi connectivity index (χ2v) is 14.6. The SMILES string of the molecule is CCC(COCC(O)COCC(O)COCC(O)CO)COCC(COCC(O)COCC(O)CO)OCC(COCC(O)COCC(O)CO)OCC(CO)OCC(O)CO. The fourth-order valence-corrected chi connectivity index (χ4v) is 4.63. The molecule has 12 atom stereocenters. The number of hydrogen-bond acceptors (Lipinski definition) is 24. The smallest absolute Gasteiger partial charge is 0.104 e. The summed E-state index contributed by atoms with van der Waals surface area (Å²) in [5.41, 5.74) is 0. The molecule has 24 heteroatoms. The first-order valence-corrected chi connectivity index (χ1v) is 20.8. The number of ether oxygens (including phenoxy) is 11. The maximum absolute atomic E-state index is 10.3. The van der Waals surface area contributed by atoms with Crippen molar-refractivity contribution >= 4 is 0 Å². The van der Waals surface area contributed by atoms with E-state index in [4.69, 9.17) is 72.5 Å². The number of hydrogen-bond donors (Lipinski definition) is 13.